The van der Waals surface area contributed by atoms with Gasteiger partial charge in [0.1, 0.15) is 0 Å². The van der Waals surface area contributed by atoms with E-state index in [1.165, 1.54) is 13.2 Å². The molecule has 1 aromatic heterocycles. The number of benzene rings is 1. The van der Waals surface area contributed by atoms with Crippen LogP contribution in [0.4, 0.5) is 19.2 Å². The van der Waals surface area contributed by atoms with Gasteiger partial charge in [-0.25, -0.2) is 0 Å². The average Bonchev–Trinajstić information content (AvgIpc) is 2.82. The number of nitrogens with one attached hydrogen (secondary N) is 1. The number of aromatic nitrogens is 2. The zero-order valence-electron chi connectivity index (χ0n) is 11.9. The third kappa shape index (κ3) is 4.04. The van der Waals surface area contributed by atoms with E-state index < -0.39 is 17.6 Å². The van der Waals surface area contributed by atoms with Crippen molar-refractivity contribution in [3.63, 3.8) is 0 Å². The van der Waals surface area contributed by atoms with Gasteiger partial charge in [0.05, 0.1) is 5.56 Å². The molecule has 23 heavy (non-hydrogen) atoms. The predicted molar refractivity (Wildman–Crippen MR) is 81.7 cm³/mol. The Morgan fingerprint density at radius 2 is 1.91 bits per heavy atom. The van der Waals surface area contributed by atoms with Gasteiger partial charge in [0.15, 0.2) is 0 Å². The smallest absolute Gasteiger partial charge is 0.408 e. The molecule has 5 nitrogen and oxygen atoms in total. The van der Waals surface area contributed by atoms with Crippen LogP contribution in [-0.4, -0.2) is 22.4 Å². The fourth-order valence-corrected chi connectivity index (χ4v) is 2.76. The molecule has 2 rings (SSSR count). The molecule has 0 bridgehead atoms. The van der Waals surface area contributed by atoms with Crippen molar-refractivity contribution in [3.8, 4) is 0 Å². The zero-order valence-corrected chi connectivity index (χ0v) is 12.7. The maximum Gasteiger partial charge on any atom is 0.417 e. The Balaban J connectivity index is 0.00000264. The molecule has 1 N–H and O–H groups in total. The average molecular weight is 347 g/mol. The molecule has 2 aromatic rings. The molecule has 0 aliphatic carbocycles. The summed E-state index contributed by atoms with van der Waals surface area (Å²) in [7, 11) is 0. The lowest BCUT2D eigenvalue weighted by atomic mass is 10.0. The van der Waals surface area contributed by atoms with Crippen LogP contribution in [0.2, 0.25) is 0 Å². The van der Waals surface area contributed by atoms with Crippen molar-refractivity contribution in [2.75, 3.05) is 11.6 Å². The largest absolute Gasteiger partial charge is 0.417 e. The molecule has 0 saturated carbocycles. The van der Waals surface area contributed by atoms with E-state index in [1.54, 1.807) is 6.92 Å². The minimum atomic E-state index is -4.47. The fourth-order valence-electron chi connectivity index (χ4n) is 1.94. The molecule has 126 valence electrons. The first-order chi connectivity index (χ1) is 10.2. The van der Waals surface area contributed by atoms with Crippen molar-refractivity contribution in [3.05, 3.63) is 34.7 Å². The van der Waals surface area contributed by atoms with E-state index in [1.807, 2.05) is 0 Å². The number of alkyl halides is 3. The van der Waals surface area contributed by atoms with Gasteiger partial charge in [0.25, 0.3) is 5.91 Å². The number of hydrogen-bond donors (Lipinski definition) is 1. The third-order valence-corrected chi connectivity index (χ3v) is 3.84. The lowest BCUT2D eigenvalue weighted by molar-refractivity contribution is -0.139. The Hall–Kier alpha value is -2.03. The van der Waals surface area contributed by atoms with Crippen LogP contribution in [0.15, 0.2) is 21.4 Å². The topological polar surface area (TPSA) is 68.0 Å². The highest BCUT2D eigenvalue weighted by Crippen LogP contribution is 2.38. The number of hydrogen-bond acceptors (Lipinski definition) is 5. The van der Waals surface area contributed by atoms with Crippen LogP contribution in [0.3, 0.4) is 0 Å². The molecule has 0 aliphatic rings. The summed E-state index contributed by atoms with van der Waals surface area (Å²) >= 11 is 0.939. The molecule has 0 atom stereocenters. The molecule has 0 fully saturated rings. The first-order valence-electron chi connectivity index (χ1n) is 6.10. The first-order valence-corrected chi connectivity index (χ1v) is 7.32. The van der Waals surface area contributed by atoms with Gasteiger partial charge in [-0.3, -0.25) is 10.1 Å². The number of halogens is 3. The van der Waals surface area contributed by atoms with Gasteiger partial charge in [-0.1, -0.05) is 12.5 Å². The maximum absolute atomic E-state index is 13.0. The van der Waals surface area contributed by atoms with Crippen molar-refractivity contribution in [2.45, 2.75) is 32.3 Å². The molecule has 1 amide bonds. The van der Waals surface area contributed by atoms with Crippen LogP contribution < -0.4 is 5.32 Å². The number of nitrogens with zero attached hydrogens (tertiary/aromatic N) is 2. The van der Waals surface area contributed by atoms with Crippen LogP contribution in [0.25, 0.3) is 0 Å². The summed E-state index contributed by atoms with van der Waals surface area (Å²) in [4.78, 5) is 12.2. The number of anilines is 1. The summed E-state index contributed by atoms with van der Waals surface area (Å²) < 4.78 is 43.9. The molecule has 0 spiro atoms. The Morgan fingerprint density at radius 1 is 1.26 bits per heavy atom. The summed E-state index contributed by atoms with van der Waals surface area (Å²) in [6, 6.07) is 1.93. The van der Waals surface area contributed by atoms with Crippen molar-refractivity contribution < 1.29 is 22.4 Å². The van der Waals surface area contributed by atoms with Crippen molar-refractivity contribution in [1.29, 1.82) is 0 Å². The summed E-state index contributed by atoms with van der Waals surface area (Å²) in [5.41, 5.74) is -0.396. The normalized spacial score (nSPS) is 11.0. The van der Waals surface area contributed by atoms with Crippen molar-refractivity contribution >= 4 is 23.7 Å². The standard InChI is InChI=1S/C13H12F3N3O2S.CH4/c1-6-8(11(20)17-12-19-18-7(2)21-12)4-5-9(10(6)22-3)13(14,15)16;/h4-5H,1-3H3,(H,17,19,20);1H4. The van der Waals surface area contributed by atoms with Crippen LogP contribution in [0.5, 0.6) is 0 Å². The monoisotopic (exact) mass is 347 g/mol. The first kappa shape index (κ1) is 19.0. The third-order valence-electron chi connectivity index (χ3n) is 2.91. The fraction of sp³-hybridized carbons (Fsp3) is 0.357. The molecule has 0 saturated heterocycles. The van der Waals surface area contributed by atoms with E-state index >= 15 is 0 Å². The number of rotatable bonds is 3. The molecule has 1 aromatic carbocycles. The Labute approximate surface area is 135 Å². The van der Waals surface area contributed by atoms with Gasteiger partial charge in [-0.05, 0) is 30.9 Å². The highest BCUT2D eigenvalue weighted by Gasteiger charge is 2.34. The van der Waals surface area contributed by atoms with Crippen LogP contribution >= 0.6 is 11.8 Å². The van der Waals surface area contributed by atoms with E-state index in [4.69, 9.17) is 4.42 Å². The lowest BCUT2D eigenvalue weighted by Crippen LogP contribution is -2.16. The summed E-state index contributed by atoms with van der Waals surface area (Å²) in [5.74, 6) is -0.339. The van der Waals surface area contributed by atoms with Gasteiger partial charge < -0.3 is 4.42 Å². The predicted octanol–water partition coefficient (Wildman–Crippen LogP) is 4.32. The Kier molecular flexibility index (Phi) is 5.81. The number of aryl methyl sites for hydroxylation is 1. The highest BCUT2D eigenvalue weighted by atomic mass is 32.2. The molecular formula is C14H16F3N3O2S. The number of carbonyl (C=O) groups is 1. The van der Waals surface area contributed by atoms with E-state index in [2.05, 4.69) is 15.5 Å². The minimum Gasteiger partial charge on any atom is -0.408 e. The van der Waals surface area contributed by atoms with E-state index in [-0.39, 0.29) is 35.4 Å². The summed E-state index contributed by atoms with van der Waals surface area (Å²) in [5, 5.41) is 9.52. The molecule has 0 radical (unpaired) electrons. The van der Waals surface area contributed by atoms with E-state index in [0.717, 1.165) is 23.9 Å². The van der Waals surface area contributed by atoms with E-state index in [9.17, 15) is 18.0 Å². The van der Waals surface area contributed by atoms with Crippen LogP contribution in [-0.2, 0) is 6.18 Å². The maximum atomic E-state index is 13.0. The Bertz CT molecular complexity index is 714. The van der Waals surface area contributed by atoms with Crippen molar-refractivity contribution in [1.82, 2.24) is 10.2 Å². The number of thioether (sulfide) groups is 1. The van der Waals surface area contributed by atoms with Gasteiger partial charge in [0.2, 0.25) is 5.89 Å². The van der Waals surface area contributed by atoms with Crippen molar-refractivity contribution in [2.24, 2.45) is 0 Å². The molecule has 0 aliphatic heterocycles. The minimum absolute atomic E-state index is 0. The zero-order chi connectivity index (χ0) is 16.5. The molecule has 0 unspecified atom stereocenters. The van der Waals surface area contributed by atoms with Gasteiger partial charge in [0, 0.05) is 17.4 Å². The second-order valence-corrected chi connectivity index (χ2v) is 5.21. The van der Waals surface area contributed by atoms with Crippen LogP contribution in [0, 0.1) is 13.8 Å². The lowest BCUT2D eigenvalue weighted by Gasteiger charge is -2.16. The summed E-state index contributed by atoms with van der Waals surface area (Å²) in [6.07, 6.45) is -2.94. The second-order valence-electron chi connectivity index (χ2n) is 4.40. The van der Waals surface area contributed by atoms with Gasteiger partial charge >= 0.3 is 12.2 Å². The quantitative estimate of drug-likeness (QED) is 0.838. The van der Waals surface area contributed by atoms with E-state index in [0.29, 0.717) is 0 Å². The van der Waals surface area contributed by atoms with Gasteiger partial charge in [-0.2, -0.15) is 13.2 Å². The van der Waals surface area contributed by atoms with Crippen LogP contribution in [0.1, 0.15) is 34.8 Å². The SMILES string of the molecule is C.CSc1c(C(F)(F)F)ccc(C(=O)Nc2nnc(C)o2)c1C. The summed E-state index contributed by atoms with van der Waals surface area (Å²) in [6.45, 7) is 3.02. The highest BCUT2D eigenvalue weighted by molar-refractivity contribution is 7.98. The number of amides is 1. The second kappa shape index (κ2) is 7.03. The van der Waals surface area contributed by atoms with Gasteiger partial charge in [-0.15, -0.1) is 16.9 Å². The molecule has 9 heteroatoms. The number of carbonyl (C=O) groups excluding carboxylic acids is 1. The Morgan fingerprint density at radius 3 is 2.39 bits per heavy atom. The molecular weight excluding hydrogens is 331 g/mol. The molecule has 1 heterocycles.